The molecule has 3 atom stereocenters. The van der Waals surface area contributed by atoms with E-state index >= 15 is 0 Å². The molecule has 0 radical (unpaired) electrons. The first-order chi connectivity index (χ1) is 45.1. The number of alkyl halides is 2. The Hall–Kier alpha value is -6.78. The number of Topliss-reactive ketones (excluding diaryl/α,β-unsaturated/α-hetero) is 1. The number of imide groups is 1. The fraction of sp³-hybridized carbons (Fsp3) is 0.522. The molecular formula is C67H82Cl2N8O15S2. The fourth-order valence-electron chi connectivity index (χ4n) is 13.1. The summed E-state index contributed by atoms with van der Waals surface area (Å²) in [6.45, 7) is 13.6. The standard InChI is InChI=1S/C67H82Cl2N8O15S2/c1-40(2)58(72-51(79)13-17-85-19-21-87-23-25-89-27-28-90-26-24-88-22-20-86-18-16-75-52(80)11-12-53(75)81)61(82)44-9-7-43(8-10-44)36-91-64(93)73(5)14-15-74(6)65(94)92-50-30-48-57(55-42(4)33-71-60(50)55)46(69)35-77(48)63(84)67-37-66(38-67,39-67)62(83)76-34-45(31-68)56-47(76)29-49(78)59-54(56)41(3)32-70-59/h7-12,29-30,32-33,40,45-46,58,70-71,78H,13-28,31,34-39H2,1-6H3,(H,72,79)/t45-,46-,58+,66?,67?/m1/s1. The molecule has 5 heterocycles. The second kappa shape index (κ2) is 31.0. The van der Waals surface area contributed by atoms with E-state index in [2.05, 4.69) is 15.3 Å². The second-order valence-corrected chi connectivity index (χ2v) is 26.6. The molecule has 2 aromatic heterocycles. The van der Waals surface area contributed by atoms with Crippen molar-refractivity contribution in [3.63, 3.8) is 0 Å². The number of H-pyrrole nitrogens is 2. The molecule has 0 unspecified atom stereocenters. The Bertz CT molecular complexity index is 3650. The quantitative estimate of drug-likeness (QED) is 0.0100. The molecule has 11 rings (SSSR count). The van der Waals surface area contributed by atoms with Crippen LogP contribution in [0.3, 0.4) is 0 Å². The number of aromatic nitrogens is 2. The van der Waals surface area contributed by atoms with Crippen molar-refractivity contribution >= 4 is 126 Å². The van der Waals surface area contributed by atoms with Crippen molar-refractivity contribution in [3.05, 3.63) is 94.3 Å². The van der Waals surface area contributed by atoms with Gasteiger partial charge in [-0.1, -0.05) is 38.1 Å². The number of thiocarbonyl (C=S) groups is 2. The van der Waals surface area contributed by atoms with Crippen LogP contribution in [-0.4, -0.2) is 213 Å². The number of nitrogens with one attached hydrogen (secondary N) is 3. The number of aryl methyl sites for hydroxylation is 2. The number of anilines is 2. The molecule has 94 heavy (non-hydrogen) atoms. The van der Waals surface area contributed by atoms with Gasteiger partial charge < -0.3 is 77.9 Å². The number of aromatic amines is 2. The first kappa shape index (κ1) is 70.0. The number of phenolic OH excluding ortho intramolecular Hbond substituents is 1. The number of halogens is 2. The Morgan fingerprint density at radius 1 is 0.702 bits per heavy atom. The van der Waals surface area contributed by atoms with E-state index in [4.69, 9.17) is 85.5 Å². The van der Waals surface area contributed by atoms with E-state index in [9.17, 15) is 33.9 Å². The predicted molar refractivity (Wildman–Crippen MR) is 362 cm³/mol. The van der Waals surface area contributed by atoms with Gasteiger partial charge in [-0.3, -0.25) is 33.7 Å². The number of ketones is 1. The van der Waals surface area contributed by atoms with Crippen molar-refractivity contribution in [2.45, 2.75) is 77.3 Å². The number of hydrogen-bond donors (Lipinski definition) is 4. The third kappa shape index (κ3) is 15.2. The van der Waals surface area contributed by atoms with Crippen molar-refractivity contribution in [1.82, 2.24) is 30.0 Å². The lowest BCUT2D eigenvalue weighted by Crippen LogP contribution is -2.72. The van der Waals surface area contributed by atoms with E-state index < -0.39 is 22.2 Å². The number of nitrogens with zero attached hydrogens (tertiary/aromatic N) is 5. The minimum absolute atomic E-state index is 0.0374. The van der Waals surface area contributed by atoms with Gasteiger partial charge in [0.05, 0.1) is 130 Å². The second-order valence-electron chi connectivity index (χ2n) is 25.0. The van der Waals surface area contributed by atoms with E-state index in [1.807, 2.05) is 60.3 Å². The zero-order chi connectivity index (χ0) is 67.0. The smallest absolute Gasteiger partial charge is 0.264 e. The van der Waals surface area contributed by atoms with Gasteiger partial charge in [-0.15, -0.1) is 23.2 Å². The van der Waals surface area contributed by atoms with Crippen LogP contribution in [0.25, 0.3) is 21.8 Å². The lowest BCUT2D eigenvalue weighted by molar-refractivity contribution is -0.204. The Morgan fingerprint density at radius 2 is 1.20 bits per heavy atom. The zero-order valence-electron chi connectivity index (χ0n) is 53.8. The van der Waals surface area contributed by atoms with Gasteiger partial charge in [-0.05, 0) is 85.7 Å². The molecule has 506 valence electrons. The summed E-state index contributed by atoms with van der Waals surface area (Å²) in [5.74, 6) is -0.710. The summed E-state index contributed by atoms with van der Waals surface area (Å²) >= 11 is 25.2. The highest BCUT2D eigenvalue weighted by Crippen LogP contribution is 2.75. The summed E-state index contributed by atoms with van der Waals surface area (Å²) in [5.41, 5.74) is 6.25. The number of hydrogen-bond acceptors (Lipinski definition) is 17. The fourth-order valence-corrected chi connectivity index (χ4v) is 14.0. The average Bonchev–Trinajstić information content (AvgIpc) is 0.864. The summed E-state index contributed by atoms with van der Waals surface area (Å²) in [4.78, 5) is 93.7. The van der Waals surface area contributed by atoms with Gasteiger partial charge >= 0.3 is 0 Å². The van der Waals surface area contributed by atoms with Crippen LogP contribution < -0.4 is 19.9 Å². The Balaban J connectivity index is 0.599. The van der Waals surface area contributed by atoms with Crippen LogP contribution in [0, 0.1) is 30.6 Å². The molecule has 5 aromatic rings. The van der Waals surface area contributed by atoms with E-state index in [1.165, 1.54) is 12.2 Å². The van der Waals surface area contributed by atoms with Crippen molar-refractivity contribution in [3.8, 4) is 11.5 Å². The van der Waals surface area contributed by atoms with Crippen LogP contribution in [0.4, 0.5) is 11.4 Å². The van der Waals surface area contributed by atoms with Crippen LogP contribution in [0.2, 0.25) is 0 Å². The minimum atomic E-state index is -0.742. The normalized spacial score (nSPS) is 19.6. The highest BCUT2D eigenvalue weighted by atomic mass is 35.5. The summed E-state index contributed by atoms with van der Waals surface area (Å²) in [6, 6.07) is 9.77. The van der Waals surface area contributed by atoms with Gasteiger partial charge in [-0.25, -0.2) is 0 Å². The van der Waals surface area contributed by atoms with E-state index in [0.717, 1.165) is 43.5 Å². The molecule has 4 N–H and O–H groups in total. The third-order valence-electron chi connectivity index (χ3n) is 18.1. The van der Waals surface area contributed by atoms with Crippen LogP contribution in [0.15, 0.2) is 60.9 Å². The van der Waals surface area contributed by atoms with Crippen molar-refractivity contribution < 1.29 is 71.8 Å². The molecule has 0 saturated heterocycles. The number of carbonyl (C=O) groups is 6. The molecule has 3 fully saturated rings. The lowest BCUT2D eigenvalue weighted by atomic mass is 9.34. The van der Waals surface area contributed by atoms with Crippen molar-refractivity contribution in [2.75, 3.05) is 142 Å². The van der Waals surface area contributed by atoms with E-state index in [-0.39, 0.29) is 109 Å². The predicted octanol–water partition coefficient (Wildman–Crippen LogP) is 7.90. The summed E-state index contributed by atoms with van der Waals surface area (Å²) < 4.78 is 45.5. The Morgan fingerprint density at radius 3 is 1.76 bits per heavy atom. The summed E-state index contributed by atoms with van der Waals surface area (Å²) in [6.07, 6.45) is 7.56. The lowest BCUT2D eigenvalue weighted by Gasteiger charge is -2.69. The molecule has 3 aliphatic heterocycles. The molecule has 23 nitrogen and oxygen atoms in total. The van der Waals surface area contributed by atoms with E-state index in [0.29, 0.717) is 138 Å². The number of rotatable bonds is 34. The zero-order valence-corrected chi connectivity index (χ0v) is 57.0. The number of benzene rings is 3. The number of aromatic hydroxyl groups is 1. The van der Waals surface area contributed by atoms with E-state index in [1.54, 1.807) is 49.9 Å². The maximum absolute atomic E-state index is 14.8. The van der Waals surface area contributed by atoms with Crippen LogP contribution in [0.5, 0.6) is 11.5 Å². The van der Waals surface area contributed by atoms with Crippen LogP contribution >= 0.6 is 47.6 Å². The number of amides is 5. The first-order valence-electron chi connectivity index (χ1n) is 31.7. The first-order valence-corrected chi connectivity index (χ1v) is 33.5. The van der Waals surface area contributed by atoms with Gasteiger partial charge in [0.2, 0.25) is 17.7 Å². The largest absolute Gasteiger partial charge is 0.506 e. The average molecular weight is 1370 g/mol. The SMILES string of the molecule is Cc1c[nH]c2c(O)cc3c(c12)[C@H](CCl)CN3C(=O)C12CC(C(=O)N3C[C@@H](Cl)c4c3cc(OC(=S)N(C)CCN(C)C(=S)OCc3ccc(C(=O)[C@@H](NC(=O)CCOCCOCCOCCOCCOCCOCCN5C(=O)C=CC5=O)C(C)C)cc3)c3[nH]cc(C)c43)(C1)C2. The Kier molecular flexibility index (Phi) is 23.1. The van der Waals surface area contributed by atoms with Crippen molar-refractivity contribution in [2.24, 2.45) is 16.7 Å². The number of fused-ring (bicyclic) bond motifs is 6. The topological polar surface area (TPSA) is 256 Å². The summed E-state index contributed by atoms with van der Waals surface area (Å²) in [5, 5.41) is 15.6. The maximum Gasteiger partial charge on any atom is 0.264 e. The van der Waals surface area contributed by atoms with Gasteiger partial charge in [0.15, 0.2) is 11.5 Å². The maximum atomic E-state index is 14.8. The molecule has 3 aliphatic carbocycles. The molecule has 3 aromatic carbocycles. The van der Waals surface area contributed by atoms with Gasteiger partial charge in [0.1, 0.15) is 12.4 Å². The molecule has 27 heteroatoms. The molecular weight excluding hydrogens is 1290 g/mol. The number of carbonyl (C=O) groups excluding carboxylic acids is 6. The summed E-state index contributed by atoms with van der Waals surface area (Å²) in [7, 11) is 3.64. The van der Waals surface area contributed by atoms with Gasteiger partial charge in [-0.2, -0.15) is 0 Å². The minimum Gasteiger partial charge on any atom is -0.506 e. The third-order valence-corrected chi connectivity index (χ3v) is 19.7. The van der Waals surface area contributed by atoms with Crippen LogP contribution in [-0.2, 0) is 63.7 Å². The monoisotopic (exact) mass is 1370 g/mol. The van der Waals surface area contributed by atoms with Crippen LogP contribution in [0.1, 0.15) is 89.0 Å². The number of ether oxygens (including phenoxy) is 8. The number of phenols is 1. The van der Waals surface area contributed by atoms with Crippen molar-refractivity contribution in [1.29, 1.82) is 0 Å². The van der Waals surface area contributed by atoms with Gasteiger partial charge in [0, 0.05) is 117 Å². The molecule has 5 amide bonds. The molecule has 6 aliphatic rings. The van der Waals surface area contributed by atoms with Gasteiger partial charge in [0.25, 0.3) is 22.2 Å². The molecule has 3 saturated carbocycles. The Labute approximate surface area is 566 Å². The molecule has 2 bridgehead atoms. The highest BCUT2D eigenvalue weighted by Gasteiger charge is 2.76. The number of likely N-dealkylation sites (N-methyl/N-ethyl adjacent to an activating group) is 2. The highest BCUT2D eigenvalue weighted by molar-refractivity contribution is 7.80. The molecule has 0 spiro atoms.